The predicted molar refractivity (Wildman–Crippen MR) is 83.7 cm³/mol. The Labute approximate surface area is 137 Å². The van der Waals surface area contributed by atoms with Gasteiger partial charge in [0, 0.05) is 8.95 Å². The van der Waals surface area contributed by atoms with Crippen molar-refractivity contribution in [2.45, 2.75) is 11.8 Å². The van der Waals surface area contributed by atoms with E-state index in [1.807, 2.05) is 4.72 Å². The van der Waals surface area contributed by atoms with Gasteiger partial charge in [-0.25, -0.2) is 17.2 Å². The van der Waals surface area contributed by atoms with Gasteiger partial charge in [-0.3, -0.25) is 4.72 Å². The highest BCUT2D eigenvalue weighted by Crippen LogP contribution is 2.28. The van der Waals surface area contributed by atoms with Crippen LogP contribution in [-0.2, 0) is 10.0 Å². The largest absolute Gasteiger partial charge is 0.274 e. The second-order valence-corrected chi connectivity index (χ2v) is 7.74. The number of sulfonamides is 1. The minimum atomic E-state index is -4.10. The number of hydrogen-bond acceptors (Lipinski definition) is 2. The molecule has 0 saturated carbocycles. The number of anilines is 1. The number of rotatable bonds is 3. The van der Waals surface area contributed by atoms with Crippen molar-refractivity contribution >= 4 is 47.6 Å². The Morgan fingerprint density at radius 2 is 1.57 bits per heavy atom. The maximum atomic E-state index is 13.7. The van der Waals surface area contributed by atoms with Crippen molar-refractivity contribution < 1.29 is 17.2 Å². The molecule has 0 amide bonds. The summed E-state index contributed by atoms with van der Waals surface area (Å²) in [5.41, 5.74) is -0.249. The molecule has 112 valence electrons. The molecule has 0 aliphatic rings. The summed E-state index contributed by atoms with van der Waals surface area (Å²) in [5, 5.41) is 0. The van der Waals surface area contributed by atoms with Crippen LogP contribution in [0.2, 0.25) is 0 Å². The van der Waals surface area contributed by atoms with Crippen LogP contribution in [-0.4, -0.2) is 8.42 Å². The van der Waals surface area contributed by atoms with Crippen LogP contribution in [0.15, 0.2) is 44.2 Å². The highest BCUT2D eigenvalue weighted by atomic mass is 79.9. The van der Waals surface area contributed by atoms with Crippen LogP contribution in [0.1, 0.15) is 5.56 Å². The van der Waals surface area contributed by atoms with Gasteiger partial charge in [-0.1, -0.05) is 37.9 Å². The van der Waals surface area contributed by atoms with E-state index in [4.69, 9.17) is 0 Å². The van der Waals surface area contributed by atoms with Crippen molar-refractivity contribution in [2.75, 3.05) is 4.72 Å². The topological polar surface area (TPSA) is 46.2 Å². The molecule has 0 aromatic heterocycles. The van der Waals surface area contributed by atoms with E-state index in [1.165, 1.54) is 6.07 Å². The molecule has 3 nitrogen and oxygen atoms in total. The molecule has 21 heavy (non-hydrogen) atoms. The summed E-state index contributed by atoms with van der Waals surface area (Å²) in [7, 11) is -4.10. The lowest BCUT2D eigenvalue weighted by Gasteiger charge is -2.12. The van der Waals surface area contributed by atoms with Crippen LogP contribution < -0.4 is 4.72 Å². The van der Waals surface area contributed by atoms with Gasteiger partial charge in [-0.15, -0.1) is 0 Å². The molecule has 0 heterocycles. The van der Waals surface area contributed by atoms with Crippen molar-refractivity contribution in [2.24, 2.45) is 0 Å². The van der Waals surface area contributed by atoms with E-state index < -0.39 is 27.3 Å². The van der Waals surface area contributed by atoms with E-state index in [9.17, 15) is 17.2 Å². The summed E-state index contributed by atoms with van der Waals surface area (Å²) in [5.74, 6) is -2.00. The van der Waals surface area contributed by atoms with Crippen LogP contribution in [0, 0.1) is 18.6 Å². The average Bonchev–Trinajstić information content (AvgIpc) is 2.36. The van der Waals surface area contributed by atoms with E-state index in [-0.39, 0.29) is 9.37 Å². The number of hydrogen-bond donors (Lipinski definition) is 1. The number of nitrogens with one attached hydrogen (secondary N) is 1. The van der Waals surface area contributed by atoms with E-state index in [1.54, 1.807) is 19.1 Å². The first-order valence-corrected chi connectivity index (χ1v) is 8.71. The minimum absolute atomic E-state index is 0.0569. The quantitative estimate of drug-likeness (QED) is 0.758. The summed E-state index contributed by atoms with van der Waals surface area (Å²) < 4.78 is 54.7. The highest BCUT2D eigenvalue weighted by Gasteiger charge is 2.21. The molecule has 0 atom stereocenters. The zero-order chi connectivity index (χ0) is 15.8. The fourth-order valence-corrected chi connectivity index (χ4v) is 3.95. The SMILES string of the molecule is Cc1ccc(Br)cc1S(=O)(=O)Nc1c(F)cc(Br)cc1F. The number of halogens is 4. The molecule has 0 aliphatic carbocycles. The summed E-state index contributed by atoms with van der Waals surface area (Å²) >= 11 is 6.10. The third-order valence-electron chi connectivity index (χ3n) is 2.68. The van der Waals surface area contributed by atoms with Crippen molar-refractivity contribution in [1.29, 1.82) is 0 Å². The Hall–Kier alpha value is -0.990. The van der Waals surface area contributed by atoms with Gasteiger partial charge < -0.3 is 0 Å². The van der Waals surface area contributed by atoms with Crippen LogP contribution >= 0.6 is 31.9 Å². The third-order valence-corrected chi connectivity index (χ3v) is 5.13. The molecular formula is C13H9Br2F2NO2S. The molecule has 0 saturated heterocycles. The van der Waals surface area contributed by atoms with Crippen LogP contribution in [0.25, 0.3) is 0 Å². The Balaban J connectivity index is 2.50. The number of aryl methyl sites for hydroxylation is 1. The van der Waals surface area contributed by atoms with Crippen molar-refractivity contribution in [3.05, 3.63) is 56.5 Å². The average molecular weight is 441 g/mol. The predicted octanol–water partition coefficient (Wildman–Crippen LogP) is 4.60. The molecule has 0 aliphatic heterocycles. The third kappa shape index (κ3) is 3.61. The fraction of sp³-hybridized carbons (Fsp3) is 0.0769. The van der Waals surface area contributed by atoms with E-state index >= 15 is 0 Å². The van der Waals surface area contributed by atoms with Gasteiger partial charge >= 0.3 is 0 Å². The fourth-order valence-electron chi connectivity index (χ4n) is 1.69. The van der Waals surface area contributed by atoms with Crippen molar-refractivity contribution in [3.8, 4) is 0 Å². The van der Waals surface area contributed by atoms with E-state index in [2.05, 4.69) is 31.9 Å². The Morgan fingerprint density at radius 3 is 2.14 bits per heavy atom. The molecular weight excluding hydrogens is 432 g/mol. The van der Waals surface area contributed by atoms with E-state index in [0.717, 1.165) is 12.1 Å². The summed E-state index contributed by atoms with van der Waals surface area (Å²) in [6.45, 7) is 1.59. The molecule has 0 unspecified atom stereocenters. The standard InChI is InChI=1S/C13H9Br2F2NO2S/c1-7-2-3-8(14)6-12(7)21(19,20)18-13-10(16)4-9(15)5-11(13)17/h2-6,18H,1H3. The van der Waals surface area contributed by atoms with Crippen molar-refractivity contribution in [1.82, 2.24) is 0 Å². The molecule has 2 aromatic rings. The minimum Gasteiger partial charge on any atom is -0.274 e. The molecule has 2 aromatic carbocycles. The zero-order valence-electron chi connectivity index (χ0n) is 10.6. The Kier molecular flexibility index (Phi) is 4.69. The van der Waals surface area contributed by atoms with Gasteiger partial charge in [-0.2, -0.15) is 0 Å². The normalized spacial score (nSPS) is 11.5. The second-order valence-electron chi connectivity index (χ2n) is 4.26. The van der Waals surface area contributed by atoms with Gasteiger partial charge in [0.2, 0.25) is 0 Å². The first-order chi connectivity index (χ1) is 9.70. The monoisotopic (exact) mass is 439 g/mol. The lowest BCUT2D eigenvalue weighted by Crippen LogP contribution is -2.16. The summed E-state index contributed by atoms with van der Waals surface area (Å²) in [6.07, 6.45) is 0. The van der Waals surface area contributed by atoms with Gasteiger partial charge in [0.1, 0.15) is 5.69 Å². The lowest BCUT2D eigenvalue weighted by atomic mass is 10.2. The molecule has 0 radical (unpaired) electrons. The lowest BCUT2D eigenvalue weighted by molar-refractivity contribution is 0.581. The van der Waals surface area contributed by atoms with E-state index in [0.29, 0.717) is 10.0 Å². The van der Waals surface area contributed by atoms with Gasteiger partial charge in [0.25, 0.3) is 10.0 Å². The molecule has 0 bridgehead atoms. The second kappa shape index (κ2) is 6.02. The van der Waals surface area contributed by atoms with Crippen LogP contribution in [0.4, 0.5) is 14.5 Å². The molecule has 2 rings (SSSR count). The molecule has 1 N–H and O–H groups in total. The van der Waals surface area contributed by atoms with Gasteiger partial charge in [0.05, 0.1) is 4.90 Å². The Morgan fingerprint density at radius 1 is 1.00 bits per heavy atom. The Bertz CT molecular complexity index is 787. The summed E-state index contributed by atoms with van der Waals surface area (Å²) in [4.78, 5) is -0.0569. The molecule has 0 spiro atoms. The van der Waals surface area contributed by atoms with Crippen LogP contribution in [0.5, 0.6) is 0 Å². The number of benzene rings is 2. The molecule has 0 fully saturated rings. The first kappa shape index (κ1) is 16.4. The summed E-state index contributed by atoms with van der Waals surface area (Å²) in [6, 6.07) is 6.60. The first-order valence-electron chi connectivity index (χ1n) is 5.64. The van der Waals surface area contributed by atoms with Gasteiger partial charge in [0.15, 0.2) is 11.6 Å². The zero-order valence-corrected chi connectivity index (χ0v) is 14.6. The smallest absolute Gasteiger partial charge is 0.262 e. The van der Waals surface area contributed by atoms with Crippen LogP contribution in [0.3, 0.4) is 0 Å². The highest BCUT2D eigenvalue weighted by molar-refractivity contribution is 9.10. The molecule has 8 heteroatoms. The maximum absolute atomic E-state index is 13.7. The van der Waals surface area contributed by atoms with Gasteiger partial charge in [-0.05, 0) is 36.8 Å². The maximum Gasteiger partial charge on any atom is 0.262 e. The van der Waals surface area contributed by atoms with Crippen molar-refractivity contribution in [3.63, 3.8) is 0 Å².